The predicted molar refractivity (Wildman–Crippen MR) is 63.6 cm³/mol. The van der Waals surface area contributed by atoms with Crippen LogP contribution in [0.2, 0.25) is 0 Å². The van der Waals surface area contributed by atoms with Crippen LogP contribution in [0.15, 0.2) is 46.3 Å². The van der Waals surface area contributed by atoms with Crippen molar-refractivity contribution in [2.75, 3.05) is 12.8 Å². The molecule has 0 saturated carbocycles. The smallest absolute Gasteiger partial charge is 0.146 e. The van der Waals surface area contributed by atoms with Crippen LogP contribution in [0.25, 0.3) is 0 Å². The zero-order chi connectivity index (χ0) is 11.4. The minimum absolute atomic E-state index is 0.421. The molecule has 0 saturated heterocycles. The number of aromatic nitrogens is 2. The Balaban J connectivity index is 2.23. The molecule has 0 unspecified atom stereocenters. The fraction of sp³-hybridized carbons (Fsp3) is 0.0909. The number of hydrogen-bond acceptors (Lipinski definition) is 5. The zero-order valence-corrected chi connectivity index (χ0v) is 9.57. The first-order chi connectivity index (χ1) is 7.79. The Morgan fingerprint density at radius 2 is 1.94 bits per heavy atom. The van der Waals surface area contributed by atoms with Gasteiger partial charge in [-0.05, 0) is 24.3 Å². The average Bonchev–Trinajstić information content (AvgIpc) is 2.33. The minimum atomic E-state index is 0.421. The van der Waals surface area contributed by atoms with E-state index in [-0.39, 0.29) is 0 Å². The van der Waals surface area contributed by atoms with Crippen LogP contribution in [0, 0.1) is 0 Å². The van der Waals surface area contributed by atoms with Gasteiger partial charge in [-0.3, -0.25) is 0 Å². The highest BCUT2D eigenvalue weighted by Gasteiger charge is 2.04. The molecule has 16 heavy (non-hydrogen) atoms. The molecule has 2 rings (SSSR count). The van der Waals surface area contributed by atoms with Gasteiger partial charge in [0.2, 0.25) is 0 Å². The van der Waals surface area contributed by atoms with Gasteiger partial charge < -0.3 is 10.5 Å². The molecule has 0 aliphatic rings. The second-order valence-electron chi connectivity index (χ2n) is 3.05. The molecule has 0 aliphatic carbocycles. The van der Waals surface area contributed by atoms with E-state index < -0.39 is 0 Å². The van der Waals surface area contributed by atoms with Crippen LogP contribution in [0.4, 0.5) is 5.82 Å². The first kappa shape index (κ1) is 10.8. The summed E-state index contributed by atoms with van der Waals surface area (Å²) in [6.45, 7) is 0. The van der Waals surface area contributed by atoms with Crippen molar-refractivity contribution >= 4 is 17.6 Å². The van der Waals surface area contributed by atoms with Crippen molar-refractivity contribution in [3.63, 3.8) is 0 Å². The lowest BCUT2D eigenvalue weighted by Crippen LogP contribution is -1.93. The van der Waals surface area contributed by atoms with Gasteiger partial charge in [-0.1, -0.05) is 23.9 Å². The van der Waals surface area contributed by atoms with Crippen LogP contribution in [0.1, 0.15) is 0 Å². The monoisotopic (exact) mass is 233 g/mol. The van der Waals surface area contributed by atoms with Gasteiger partial charge in [0.15, 0.2) is 0 Å². The van der Waals surface area contributed by atoms with Crippen molar-refractivity contribution in [2.24, 2.45) is 0 Å². The number of ether oxygens (including phenoxy) is 1. The summed E-state index contributed by atoms with van der Waals surface area (Å²) in [4.78, 5) is 1.00. The molecule has 0 radical (unpaired) electrons. The molecule has 0 amide bonds. The summed E-state index contributed by atoms with van der Waals surface area (Å²) in [5.74, 6) is 1.25. The summed E-state index contributed by atoms with van der Waals surface area (Å²) in [6, 6.07) is 11.3. The van der Waals surface area contributed by atoms with Crippen LogP contribution in [0.5, 0.6) is 5.75 Å². The number of benzene rings is 1. The summed E-state index contributed by atoms with van der Waals surface area (Å²) >= 11 is 1.49. The number of nitrogen functional groups attached to an aromatic ring is 1. The van der Waals surface area contributed by atoms with E-state index in [1.807, 2.05) is 30.3 Å². The highest BCUT2D eigenvalue weighted by atomic mass is 32.2. The maximum Gasteiger partial charge on any atom is 0.146 e. The molecule has 0 aliphatic heterocycles. The summed E-state index contributed by atoms with van der Waals surface area (Å²) in [7, 11) is 1.65. The molecule has 2 N–H and O–H groups in total. The normalized spacial score (nSPS) is 10.1. The van der Waals surface area contributed by atoms with Crippen molar-refractivity contribution in [2.45, 2.75) is 9.92 Å². The number of rotatable bonds is 3. The molecule has 0 spiro atoms. The number of nitrogens with zero attached hydrogens (tertiary/aromatic N) is 2. The topological polar surface area (TPSA) is 61.0 Å². The lowest BCUT2D eigenvalue weighted by Gasteiger charge is -2.06. The van der Waals surface area contributed by atoms with Crippen molar-refractivity contribution in [1.29, 1.82) is 0 Å². The number of nitrogens with two attached hydrogens (primary N) is 1. The molecule has 4 nitrogen and oxygen atoms in total. The number of methoxy groups -OCH3 is 1. The van der Waals surface area contributed by atoms with E-state index >= 15 is 0 Å². The second-order valence-corrected chi connectivity index (χ2v) is 4.11. The summed E-state index contributed by atoms with van der Waals surface area (Å²) in [6.07, 6.45) is 0. The Morgan fingerprint density at radius 1 is 1.12 bits per heavy atom. The Morgan fingerprint density at radius 3 is 2.62 bits per heavy atom. The highest BCUT2D eigenvalue weighted by Crippen LogP contribution is 2.33. The first-order valence-electron chi connectivity index (χ1n) is 4.69. The second kappa shape index (κ2) is 4.85. The largest absolute Gasteiger partial charge is 0.496 e. The molecule has 82 valence electrons. The van der Waals surface area contributed by atoms with Crippen molar-refractivity contribution < 1.29 is 4.74 Å². The van der Waals surface area contributed by atoms with E-state index in [0.717, 1.165) is 15.7 Å². The molecular weight excluding hydrogens is 222 g/mol. The molecule has 0 atom stereocenters. The van der Waals surface area contributed by atoms with Crippen LogP contribution >= 0.6 is 11.8 Å². The van der Waals surface area contributed by atoms with Gasteiger partial charge in [-0.15, -0.1) is 10.2 Å². The van der Waals surface area contributed by atoms with Crippen LogP contribution < -0.4 is 10.5 Å². The van der Waals surface area contributed by atoms with Crippen molar-refractivity contribution in [1.82, 2.24) is 10.2 Å². The minimum Gasteiger partial charge on any atom is -0.496 e. The first-order valence-corrected chi connectivity index (χ1v) is 5.51. The molecular formula is C11H11N3OS. The molecule has 1 aromatic carbocycles. The Bertz CT molecular complexity index is 473. The van der Waals surface area contributed by atoms with Gasteiger partial charge in [0, 0.05) is 0 Å². The average molecular weight is 233 g/mol. The molecule has 5 heteroatoms. The standard InChI is InChI=1S/C11H11N3OS/c1-15-8-4-2-3-5-9(8)16-11-7-6-10(12)13-14-11/h2-7H,1H3,(H2,12,13). The van der Waals surface area contributed by atoms with Crippen molar-refractivity contribution in [3.05, 3.63) is 36.4 Å². The maximum absolute atomic E-state index is 5.47. The fourth-order valence-corrected chi connectivity index (χ4v) is 2.04. The Labute approximate surface area is 97.8 Å². The molecule has 1 heterocycles. The van der Waals surface area contributed by atoms with Gasteiger partial charge in [-0.25, -0.2) is 0 Å². The predicted octanol–water partition coefficient (Wildman–Crippen LogP) is 2.22. The zero-order valence-electron chi connectivity index (χ0n) is 8.75. The van der Waals surface area contributed by atoms with E-state index in [1.165, 1.54) is 11.8 Å². The lowest BCUT2D eigenvalue weighted by atomic mass is 10.3. The van der Waals surface area contributed by atoms with E-state index in [9.17, 15) is 0 Å². The van der Waals surface area contributed by atoms with Gasteiger partial charge in [0.05, 0.1) is 12.0 Å². The summed E-state index contributed by atoms with van der Waals surface area (Å²) in [5.41, 5.74) is 5.47. The third-order valence-corrected chi connectivity index (χ3v) is 2.93. The van der Waals surface area contributed by atoms with Crippen LogP contribution in [0.3, 0.4) is 0 Å². The van der Waals surface area contributed by atoms with Gasteiger partial charge in [0.1, 0.15) is 16.6 Å². The summed E-state index contributed by atoms with van der Waals surface area (Å²) in [5, 5.41) is 8.57. The number of hydrogen-bond donors (Lipinski definition) is 1. The van der Waals surface area contributed by atoms with E-state index in [1.54, 1.807) is 13.2 Å². The van der Waals surface area contributed by atoms with Crippen molar-refractivity contribution in [3.8, 4) is 5.75 Å². The Hall–Kier alpha value is -1.75. The van der Waals surface area contributed by atoms with Gasteiger partial charge >= 0.3 is 0 Å². The lowest BCUT2D eigenvalue weighted by molar-refractivity contribution is 0.405. The van der Waals surface area contributed by atoms with Crippen LogP contribution in [-0.4, -0.2) is 17.3 Å². The summed E-state index contributed by atoms with van der Waals surface area (Å²) < 4.78 is 5.25. The van der Waals surface area contributed by atoms with Gasteiger partial charge in [0.25, 0.3) is 0 Å². The molecule has 1 aromatic heterocycles. The maximum atomic E-state index is 5.47. The SMILES string of the molecule is COc1ccccc1Sc1ccc(N)nn1. The third-order valence-electron chi connectivity index (χ3n) is 1.94. The molecule has 2 aromatic rings. The number of anilines is 1. The van der Waals surface area contributed by atoms with E-state index in [2.05, 4.69) is 10.2 Å². The molecule has 0 fully saturated rings. The van der Waals surface area contributed by atoms with Crippen LogP contribution in [-0.2, 0) is 0 Å². The highest BCUT2D eigenvalue weighted by molar-refractivity contribution is 7.99. The van der Waals surface area contributed by atoms with E-state index in [0.29, 0.717) is 5.82 Å². The van der Waals surface area contributed by atoms with E-state index in [4.69, 9.17) is 10.5 Å². The fourth-order valence-electron chi connectivity index (χ4n) is 1.20. The molecule has 0 bridgehead atoms. The number of para-hydroxylation sites is 1. The third kappa shape index (κ3) is 2.43. The van der Waals surface area contributed by atoms with Gasteiger partial charge in [-0.2, -0.15) is 0 Å². The quantitative estimate of drug-likeness (QED) is 0.880. The Kier molecular flexibility index (Phi) is 3.26.